The van der Waals surface area contributed by atoms with Crippen molar-refractivity contribution in [3.05, 3.63) is 72.9 Å². The molecule has 2 unspecified atom stereocenters. The fourth-order valence-corrected chi connectivity index (χ4v) is 2.08. The summed E-state index contributed by atoms with van der Waals surface area (Å²) in [6.07, 6.45) is 25.2. The lowest BCUT2D eigenvalue weighted by molar-refractivity contribution is -0.139. The summed E-state index contributed by atoms with van der Waals surface area (Å²) in [4.78, 5) is 20.8. The third-order valence-electron chi connectivity index (χ3n) is 3.79. The second-order valence-corrected chi connectivity index (χ2v) is 6.31. The molecular formula is C25H38O6. The monoisotopic (exact) mass is 434 g/mol. The Morgan fingerprint density at radius 1 is 0.742 bits per heavy atom. The van der Waals surface area contributed by atoms with Crippen LogP contribution < -0.4 is 0 Å². The van der Waals surface area contributed by atoms with Crippen molar-refractivity contribution >= 4 is 11.9 Å². The molecule has 0 aliphatic rings. The predicted molar refractivity (Wildman–Crippen MR) is 126 cm³/mol. The first kappa shape index (κ1) is 30.5. The van der Waals surface area contributed by atoms with Gasteiger partial charge in [0, 0.05) is 20.6 Å². The highest BCUT2D eigenvalue weighted by Gasteiger charge is 2.07. The standard InChI is InChI=1S/C13H20O3.C12H18O3/c1-3-4-5-6-7-8-9-12(16-2)10-11-13(14)15;1-3-4-5-6-7-8-9-11(15-2)10-12(13)14/h3-4,6-9,12H,5,10-11H2,1-2H3,(H,14,15);3-4,6-9,11H,5,10H2,1-2H3,(H,13,14). The average molecular weight is 435 g/mol. The van der Waals surface area contributed by atoms with E-state index in [1.165, 1.54) is 7.11 Å². The quantitative estimate of drug-likeness (QED) is 0.261. The number of hydrogen-bond acceptors (Lipinski definition) is 4. The first-order valence-electron chi connectivity index (χ1n) is 10.3. The van der Waals surface area contributed by atoms with Gasteiger partial charge in [-0.15, -0.1) is 0 Å². The number of rotatable bonds is 15. The minimum absolute atomic E-state index is 0.00426. The average Bonchev–Trinajstić information content (AvgIpc) is 2.74. The van der Waals surface area contributed by atoms with E-state index in [4.69, 9.17) is 19.7 Å². The minimum atomic E-state index is -0.857. The highest BCUT2D eigenvalue weighted by Crippen LogP contribution is 2.03. The van der Waals surface area contributed by atoms with Crippen LogP contribution in [0, 0.1) is 0 Å². The molecule has 0 rings (SSSR count). The Bertz CT molecular complexity index is 626. The molecule has 6 heteroatoms. The lowest BCUT2D eigenvalue weighted by atomic mass is 10.2. The number of allylic oxidation sites excluding steroid dienone is 10. The second kappa shape index (κ2) is 23.6. The molecule has 0 fully saturated rings. The van der Waals surface area contributed by atoms with Gasteiger partial charge in [-0.25, -0.2) is 0 Å². The van der Waals surface area contributed by atoms with Gasteiger partial charge < -0.3 is 19.7 Å². The van der Waals surface area contributed by atoms with Gasteiger partial charge in [-0.1, -0.05) is 72.9 Å². The van der Waals surface area contributed by atoms with Gasteiger partial charge in [0.05, 0.1) is 18.6 Å². The first-order valence-corrected chi connectivity index (χ1v) is 10.3. The third kappa shape index (κ3) is 25.3. The van der Waals surface area contributed by atoms with Crippen LogP contribution in [0.5, 0.6) is 0 Å². The lowest BCUT2D eigenvalue weighted by Gasteiger charge is -2.07. The summed E-state index contributed by atoms with van der Waals surface area (Å²) in [6.45, 7) is 3.95. The molecule has 0 aromatic carbocycles. The van der Waals surface area contributed by atoms with Gasteiger partial charge in [0.15, 0.2) is 0 Å². The molecule has 0 amide bonds. The Morgan fingerprint density at radius 3 is 1.61 bits per heavy atom. The molecule has 0 bridgehead atoms. The summed E-state index contributed by atoms with van der Waals surface area (Å²) in [6, 6.07) is 0. The van der Waals surface area contributed by atoms with Crippen molar-refractivity contribution in [1.29, 1.82) is 0 Å². The number of carboxylic acids is 2. The topological polar surface area (TPSA) is 93.1 Å². The number of aliphatic carboxylic acids is 2. The van der Waals surface area contributed by atoms with Gasteiger partial charge in [0.25, 0.3) is 0 Å². The van der Waals surface area contributed by atoms with Crippen LogP contribution in [0.25, 0.3) is 0 Å². The maximum atomic E-state index is 10.4. The Labute approximate surface area is 187 Å². The smallest absolute Gasteiger partial charge is 0.306 e. The lowest BCUT2D eigenvalue weighted by Crippen LogP contribution is -2.12. The van der Waals surface area contributed by atoms with Crippen molar-refractivity contribution in [2.45, 2.75) is 58.2 Å². The van der Waals surface area contributed by atoms with Crippen molar-refractivity contribution < 1.29 is 29.3 Å². The summed E-state index contributed by atoms with van der Waals surface area (Å²) in [5.74, 6) is -1.65. The van der Waals surface area contributed by atoms with Crippen molar-refractivity contribution in [2.75, 3.05) is 14.2 Å². The highest BCUT2D eigenvalue weighted by atomic mass is 16.5. The fraction of sp³-hybridized carbons (Fsp3) is 0.440. The molecular weight excluding hydrogens is 396 g/mol. The molecule has 0 aliphatic carbocycles. The Hall–Kier alpha value is -2.70. The van der Waals surface area contributed by atoms with Crippen LogP contribution in [0.4, 0.5) is 0 Å². The maximum Gasteiger partial charge on any atom is 0.306 e. The molecule has 31 heavy (non-hydrogen) atoms. The zero-order valence-electron chi connectivity index (χ0n) is 19.1. The van der Waals surface area contributed by atoms with Gasteiger partial charge in [-0.3, -0.25) is 9.59 Å². The van der Waals surface area contributed by atoms with Crippen molar-refractivity contribution in [3.63, 3.8) is 0 Å². The summed E-state index contributed by atoms with van der Waals surface area (Å²) < 4.78 is 10.1. The Balaban J connectivity index is 0. The molecule has 0 saturated heterocycles. The van der Waals surface area contributed by atoms with Crippen LogP contribution >= 0.6 is 0 Å². The minimum Gasteiger partial charge on any atom is -0.481 e. The van der Waals surface area contributed by atoms with E-state index in [2.05, 4.69) is 6.08 Å². The van der Waals surface area contributed by atoms with E-state index in [0.29, 0.717) is 6.42 Å². The zero-order valence-corrected chi connectivity index (χ0v) is 19.1. The molecule has 0 saturated carbocycles. The first-order chi connectivity index (χ1) is 14.9. The number of carbonyl (C=O) groups is 2. The fourth-order valence-electron chi connectivity index (χ4n) is 2.08. The summed E-state index contributed by atoms with van der Waals surface area (Å²) in [5, 5.41) is 17.1. The third-order valence-corrected chi connectivity index (χ3v) is 3.79. The second-order valence-electron chi connectivity index (χ2n) is 6.31. The molecule has 0 heterocycles. The molecule has 0 aromatic rings. The number of carboxylic acid groups (broad SMARTS) is 2. The summed E-state index contributed by atoms with van der Waals surface area (Å²) >= 11 is 0. The highest BCUT2D eigenvalue weighted by molar-refractivity contribution is 5.67. The SMILES string of the molecule is CC=CCC=CC=CC(CC(=O)O)OC.CC=CCC=CC=CC(CCC(=O)O)OC. The molecule has 0 spiro atoms. The van der Waals surface area contributed by atoms with Crippen LogP contribution in [0.1, 0.15) is 46.0 Å². The molecule has 6 nitrogen and oxygen atoms in total. The van der Waals surface area contributed by atoms with E-state index in [0.717, 1.165) is 12.8 Å². The van der Waals surface area contributed by atoms with E-state index >= 15 is 0 Å². The van der Waals surface area contributed by atoms with E-state index in [9.17, 15) is 9.59 Å². The van der Waals surface area contributed by atoms with Gasteiger partial charge in [-0.2, -0.15) is 0 Å². The van der Waals surface area contributed by atoms with Crippen molar-refractivity contribution in [1.82, 2.24) is 0 Å². The van der Waals surface area contributed by atoms with E-state index < -0.39 is 11.9 Å². The Morgan fingerprint density at radius 2 is 1.23 bits per heavy atom. The Kier molecular flexibility index (Phi) is 23.2. The number of methoxy groups -OCH3 is 2. The number of ether oxygens (including phenoxy) is 2. The van der Waals surface area contributed by atoms with Crippen LogP contribution in [-0.4, -0.2) is 48.6 Å². The normalized spacial score (nSPS) is 14.2. The van der Waals surface area contributed by atoms with E-state index in [-0.39, 0.29) is 25.0 Å². The van der Waals surface area contributed by atoms with Crippen molar-refractivity contribution in [2.24, 2.45) is 0 Å². The van der Waals surface area contributed by atoms with Crippen molar-refractivity contribution in [3.8, 4) is 0 Å². The summed E-state index contributed by atoms with van der Waals surface area (Å²) in [5.41, 5.74) is 0. The largest absolute Gasteiger partial charge is 0.481 e. The summed E-state index contributed by atoms with van der Waals surface area (Å²) in [7, 11) is 3.09. The van der Waals surface area contributed by atoms with E-state index in [1.54, 1.807) is 19.3 Å². The van der Waals surface area contributed by atoms with Crippen LogP contribution in [-0.2, 0) is 19.1 Å². The zero-order chi connectivity index (χ0) is 23.7. The number of hydrogen-bond donors (Lipinski definition) is 2. The molecule has 2 atom stereocenters. The van der Waals surface area contributed by atoms with Gasteiger partial charge in [0.2, 0.25) is 0 Å². The molecule has 0 aromatic heterocycles. The molecule has 174 valence electrons. The molecule has 0 radical (unpaired) electrons. The van der Waals surface area contributed by atoms with Gasteiger partial charge in [-0.05, 0) is 33.1 Å². The van der Waals surface area contributed by atoms with E-state index in [1.807, 2.05) is 68.5 Å². The predicted octanol–water partition coefficient (Wildman–Crippen LogP) is 5.50. The van der Waals surface area contributed by atoms with Gasteiger partial charge >= 0.3 is 11.9 Å². The molecule has 2 N–H and O–H groups in total. The molecule has 0 aliphatic heterocycles. The van der Waals surface area contributed by atoms with Gasteiger partial charge in [0.1, 0.15) is 0 Å². The van der Waals surface area contributed by atoms with Crippen LogP contribution in [0.15, 0.2) is 72.9 Å². The maximum absolute atomic E-state index is 10.4. The van der Waals surface area contributed by atoms with Crippen LogP contribution in [0.3, 0.4) is 0 Å². The van der Waals surface area contributed by atoms with Crippen LogP contribution in [0.2, 0.25) is 0 Å².